The largest absolute Gasteiger partial charge is 0.316 e. The second-order valence-corrected chi connectivity index (χ2v) is 6.77. The van der Waals surface area contributed by atoms with Crippen LogP contribution in [0.5, 0.6) is 0 Å². The third-order valence-corrected chi connectivity index (χ3v) is 4.01. The van der Waals surface area contributed by atoms with E-state index in [1.54, 1.807) is 6.26 Å². The molecular weight excluding hydrogens is 220 g/mol. The van der Waals surface area contributed by atoms with Crippen LogP contribution in [0.4, 0.5) is 0 Å². The fraction of sp³-hybridized carbons (Fsp3) is 0.917. The molecular formula is C12H24N2OS. The first kappa shape index (κ1) is 15.6. The standard InChI is InChI=1S/C12H24N2OS/c1-11(16(4)15)9-14-8-6-5-7-12(2,3)10-13/h11,14H,5-9H2,1-4H3. The molecule has 0 aromatic rings. The second-order valence-electron chi connectivity index (χ2n) is 4.97. The summed E-state index contributed by atoms with van der Waals surface area (Å²) < 4.78 is 11.1. The lowest BCUT2D eigenvalue weighted by Crippen LogP contribution is -2.28. The zero-order chi connectivity index (χ0) is 12.6. The number of nitrogens with one attached hydrogen (secondary N) is 1. The molecule has 16 heavy (non-hydrogen) atoms. The van der Waals surface area contributed by atoms with Gasteiger partial charge in [0, 0.05) is 28.9 Å². The third kappa shape index (κ3) is 7.84. The average molecular weight is 244 g/mol. The van der Waals surface area contributed by atoms with Gasteiger partial charge in [-0.05, 0) is 40.2 Å². The number of hydrogen-bond acceptors (Lipinski definition) is 3. The fourth-order valence-electron chi connectivity index (χ4n) is 1.30. The SMILES string of the molecule is CC(CNCCCCC(C)(C)C#N)S(C)=O. The van der Waals surface area contributed by atoms with Gasteiger partial charge in [-0.3, -0.25) is 4.21 Å². The first-order valence-electron chi connectivity index (χ1n) is 5.83. The van der Waals surface area contributed by atoms with Crippen molar-refractivity contribution in [2.75, 3.05) is 19.3 Å². The van der Waals surface area contributed by atoms with E-state index in [-0.39, 0.29) is 10.7 Å². The summed E-state index contributed by atoms with van der Waals surface area (Å²) in [5.41, 5.74) is -0.196. The highest BCUT2D eigenvalue weighted by molar-refractivity contribution is 7.84. The van der Waals surface area contributed by atoms with E-state index >= 15 is 0 Å². The van der Waals surface area contributed by atoms with Crippen molar-refractivity contribution in [2.24, 2.45) is 5.41 Å². The molecule has 0 fully saturated rings. The molecule has 0 aromatic heterocycles. The molecule has 0 saturated heterocycles. The van der Waals surface area contributed by atoms with E-state index in [2.05, 4.69) is 11.4 Å². The number of nitriles is 1. The topological polar surface area (TPSA) is 52.9 Å². The molecule has 2 atom stereocenters. The summed E-state index contributed by atoms with van der Waals surface area (Å²) in [6, 6.07) is 2.30. The molecule has 0 aliphatic carbocycles. The van der Waals surface area contributed by atoms with Crippen molar-refractivity contribution < 1.29 is 4.21 Å². The summed E-state index contributed by atoms with van der Waals surface area (Å²) in [5.74, 6) is 0. The van der Waals surface area contributed by atoms with Crippen LogP contribution in [0.15, 0.2) is 0 Å². The fourth-order valence-corrected chi connectivity index (χ4v) is 1.65. The van der Waals surface area contributed by atoms with Gasteiger partial charge < -0.3 is 5.32 Å². The Morgan fingerprint density at radius 1 is 1.44 bits per heavy atom. The maximum atomic E-state index is 11.1. The predicted molar refractivity (Wildman–Crippen MR) is 69.6 cm³/mol. The van der Waals surface area contributed by atoms with Gasteiger partial charge in [0.15, 0.2) is 0 Å². The normalized spacial score (nSPS) is 15.4. The number of unbranched alkanes of at least 4 members (excludes halogenated alkanes) is 1. The van der Waals surface area contributed by atoms with E-state index in [9.17, 15) is 4.21 Å². The second kappa shape index (κ2) is 7.81. The van der Waals surface area contributed by atoms with Crippen molar-refractivity contribution in [3.05, 3.63) is 0 Å². The zero-order valence-electron chi connectivity index (χ0n) is 10.9. The van der Waals surface area contributed by atoms with E-state index in [0.29, 0.717) is 0 Å². The maximum Gasteiger partial charge on any atom is 0.0683 e. The van der Waals surface area contributed by atoms with Crippen molar-refractivity contribution in [3.63, 3.8) is 0 Å². The van der Waals surface area contributed by atoms with Crippen molar-refractivity contribution >= 4 is 10.8 Å². The van der Waals surface area contributed by atoms with Crippen LogP contribution in [0.25, 0.3) is 0 Å². The lowest BCUT2D eigenvalue weighted by atomic mass is 9.89. The first-order chi connectivity index (χ1) is 7.39. The summed E-state index contributed by atoms with van der Waals surface area (Å²) in [5, 5.41) is 12.3. The molecule has 0 aromatic carbocycles. The summed E-state index contributed by atoms with van der Waals surface area (Å²) >= 11 is 0. The van der Waals surface area contributed by atoms with Gasteiger partial charge in [-0.15, -0.1) is 0 Å². The Hall–Kier alpha value is -0.400. The van der Waals surface area contributed by atoms with Crippen LogP contribution >= 0.6 is 0 Å². The Balaban J connectivity index is 3.42. The molecule has 94 valence electrons. The van der Waals surface area contributed by atoms with Crippen LogP contribution in [0.1, 0.15) is 40.0 Å². The van der Waals surface area contributed by atoms with Gasteiger partial charge >= 0.3 is 0 Å². The molecule has 0 spiro atoms. The quantitative estimate of drug-likeness (QED) is 0.665. The summed E-state index contributed by atoms with van der Waals surface area (Å²) in [7, 11) is -0.739. The molecule has 0 bridgehead atoms. The van der Waals surface area contributed by atoms with Crippen LogP contribution in [0, 0.1) is 16.7 Å². The summed E-state index contributed by atoms with van der Waals surface area (Å²) in [4.78, 5) is 0. The van der Waals surface area contributed by atoms with Crippen LogP contribution < -0.4 is 5.32 Å². The molecule has 0 rings (SSSR count). The first-order valence-corrected chi connectivity index (χ1v) is 7.45. The molecule has 0 radical (unpaired) electrons. The van der Waals surface area contributed by atoms with Crippen molar-refractivity contribution in [1.82, 2.24) is 5.32 Å². The van der Waals surface area contributed by atoms with Gasteiger partial charge in [0.1, 0.15) is 0 Å². The van der Waals surface area contributed by atoms with Crippen LogP contribution in [-0.4, -0.2) is 28.8 Å². The Labute approximate surface area is 102 Å². The number of rotatable bonds is 8. The number of hydrogen-bond donors (Lipinski definition) is 1. The Kier molecular flexibility index (Phi) is 7.61. The molecule has 4 heteroatoms. The summed E-state index contributed by atoms with van der Waals surface area (Å²) in [6.45, 7) is 7.70. The average Bonchev–Trinajstić information content (AvgIpc) is 2.22. The van der Waals surface area contributed by atoms with Crippen molar-refractivity contribution in [3.8, 4) is 6.07 Å². The van der Waals surface area contributed by atoms with Crippen LogP contribution in [0.3, 0.4) is 0 Å². The number of nitrogens with zero attached hydrogens (tertiary/aromatic N) is 1. The Morgan fingerprint density at radius 2 is 2.06 bits per heavy atom. The van der Waals surface area contributed by atoms with E-state index < -0.39 is 10.8 Å². The monoisotopic (exact) mass is 244 g/mol. The smallest absolute Gasteiger partial charge is 0.0683 e. The molecule has 0 amide bonds. The molecule has 0 aliphatic rings. The predicted octanol–water partition coefficient (Wildman–Crippen LogP) is 2.06. The minimum absolute atomic E-state index is 0.196. The van der Waals surface area contributed by atoms with Gasteiger partial charge in [0.25, 0.3) is 0 Å². The highest BCUT2D eigenvalue weighted by atomic mass is 32.2. The molecule has 0 saturated carbocycles. The van der Waals surface area contributed by atoms with E-state index in [1.807, 2.05) is 20.8 Å². The van der Waals surface area contributed by atoms with Crippen molar-refractivity contribution in [1.29, 1.82) is 5.26 Å². The Bertz CT molecular complexity index is 258. The van der Waals surface area contributed by atoms with Gasteiger partial charge in [0.2, 0.25) is 0 Å². The molecule has 1 N–H and O–H groups in total. The van der Waals surface area contributed by atoms with E-state index in [4.69, 9.17) is 5.26 Å². The van der Waals surface area contributed by atoms with Crippen LogP contribution in [0.2, 0.25) is 0 Å². The summed E-state index contributed by atoms with van der Waals surface area (Å²) in [6.07, 6.45) is 4.83. The van der Waals surface area contributed by atoms with E-state index in [0.717, 1.165) is 32.4 Å². The van der Waals surface area contributed by atoms with Gasteiger partial charge in [0.05, 0.1) is 11.5 Å². The highest BCUT2D eigenvalue weighted by Crippen LogP contribution is 2.21. The minimum Gasteiger partial charge on any atom is -0.316 e. The van der Waals surface area contributed by atoms with E-state index in [1.165, 1.54) is 0 Å². The molecule has 0 heterocycles. The lowest BCUT2D eigenvalue weighted by molar-refractivity contribution is 0.422. The van der Waals surface area contributed by atoms with Gasteiger partial charge in [-0.1, -0.05) is 6.42 Å². The zero-order valence-corrected chi connectivity index (χ0v) is 11.7. The minimum atomic E-state index is -0.739. The Morgan fingerprint density at radius 3 is 2.56 bits per heavy atom. The highest BCUT2D eigenvalue weighted by Gasteiger charge is 2.15. The molecule has 3 nitrogen and oxygen atoms in total. The third-order valence-electron chi connectivity index (χ3n) is 2.71. The van der Waals surface area contributed by atoms with Gasteiger partial charge in [-0.25, -0.2) is 0 Å². The van der Waals surface area contributed by atoms with Crippen molar-refractivity contribution in [2.45, 2.75) is 45.3 Å². The maximum absolute atomic E-state index is 11.1. The van der Waals surface area contributed by atoms with Crippen LogP contribution in [-0.2, 0) is 10.8 Å². The molecule has 2 unspecified atom stereocenters. The lowest BCUT2D eigenvalue weighted by Gasteiger charge is -2.14. The van der Waals surface area contributed by atoms with Gasteiger partial charge in [-0.2, -0.15) is 5.26 Å². The molecule has 0 aliphatic heterocycles.